The molecule has 2 heterocycles. The van der Waals surface area contributed by atoms with Gasteiger partial charge in [0.25, 0.3) is 0 Å². The molecule has 2 aromatic rings. The van der Waals surface area contributed by atoms with Crippen LogP contribution in [0.15, 0.2) is 36.4 Å². The lowest BCUT2D eigenvalue weighted by molar-refractivity contribution is -0.121. The van der Waals surface area contributed by atoms with Gasteiger partial charge in [-0.05, 0) is 17.2 Å². The van der Waals surface area contributed by atoms with Crippen LogP contribution >= 0.6 is 0 Å². The number of carbonyl (C=O) groups excluding carboxylic acids is 1. The van der Waals surface area contributed by atoms with Crippen LogP contribution in [0.1, 0.15) is 16.7 Å². The number of fused-ring (bicyclic) bond motifs is 5. The van der Waals surface area contributed by atoms with Crippen molar-refractivity contribution in [3.8, 4) is 17.2 Å². The van der Waals surface area contributed by atoms with Gasteiger partial charge >= 0.3 is 0 Å². The third-order valence-corrected chi connectivity index (χ3v) is 4.85. The van der Waals surface area contributed by atoms with Crippen LogP contribution in [0.2, 0.25) is 0 Å². The molecule has 4 heteroatoms. The minimum atomic E-state index is -0.679. The second kappa shape index (κ2) is 4.03. The van der Waals surface area contributed by atoms with Crippen molar-refractivity contribution in [2.75, 3.05) is 19.8 Å². The number of ketones is 1. The van der Waals surface area contributed by atoms with E-state index < -0.39 is 5.41 Å². The summed E-state index contributed by atoms with van der Waals surface area (Å²) in [6, 6.07) is 11.8. The van der Waals surface area contributed by atoms with Gasteiger partial charge in [-0.25, -0.2) is 0 Å². The summed E-state index contributed by atoms with van der Waals surface area (Å²) < 4.78 is 17.2. The molecule has 1 atom stereocenters. The number of hydrogen-bond acceptors (Lipinski definition) is 4. The largest absolute Gasteiger partial charge is 0.491 e. The fraction of sp³-hybridized carbons (Fsp3) is 0.278. The van der Waals surface area contributed by atoms with Gasteiger partial charge < -0.3 is 14.2 Å². The molecule has 0 saturated heterocycles. The van der Waals surface area contributed by atoms with E-state index in [1.807, 2.05) is 36.4 Å². The molecule has 0 radical (unpaired) electrons. The quantitative estimate of drug-likeness (QED) is 0.747. The summed E-state index contributed by atoms with van der Waals surface area (Å²) in [4.78, 5) is 12.8. The molecule has 0 N–H and O–H groups in total. The molecule has 0 aromatic heterocycles. The van der Waals surface area contributed by atoms with E-state index >= 15 is 0 Å². The van der Waals surface area contributed by atoms with E-state index in [0.717, 1.165) is 22.4 Å². The number of rotatable bonds is 0. The Kier molecular flexibility index (Phi) is 2.22. The predicted molar refractivity (Wildman–Crippen MR) is 78.9 cm³/mol. The molecule has 2 aromatic carbocycles. The molecule has 3 aliphatic rings. The fourth-order valence-electron chi connectivity index (χ4n) is 3.81. The summed E-state index contributed by atoms with van der Waals surface area (Å²) in [6.07, 6.45) is 0.466. The summed E-state index contributed by atoms with van der Waals surface area (Å²) in [7, 11) is 0. The number of ether oxygens (including phenoxy) is 3. The van der Waals surface area contributed by atoms with Gasteiger partial charge in [0, 0.05) is 18.1 Å². The van der Waals surface area contributed by atoms with E-state index in [-0.39, 0.29) is 5.78 Å². The van der Waals surface area contributed by atoms with Gasteiger partial charge in [0.2, 0.25) is 0 Å². The van der Waals surface area contributed by atoms with E-state index in [0.29, 0.717) is 37.7 Å². The summed E-state index contributed by atoms with van der Waals surface area (Å²) in [5, 5.41) is 0. The molecule has 2 aliphatic heterocycles. The third kappa shape index (κ3) is 1.35. The molecule has 0 saturated carbocycles. The van der Waals surface area contributed by atoms with Crippen LogP contribution in [-0.4, -0.2) is 25.6 Å². The Morgan fingerprint density at radius 1 is 0.864 bits per heavy atom. The lowest BCUT2D eigenvalue weighted by atomic mass is 9.76. The van der Waals surface area contributed by atoms with E-state index in [2.05, 4.69) is 0 Å². The Morgan fingerprint density at radius 3 is 2.50 bits per heavy atom. The molecule has 1 aliphatic carbocycles. The van der Waals surface area contributed by atoms with Crippen LogP contribution in [0.3, 0.4) is 0 Å². The number of hydrogen-bond donors (Lipinski definition) is 0. The molecule has 1 unspecified atom stereocenters. The van der Waals surface area contributed by atoms with Gasteiger partial charge in [-0.3, -0.25) is 4.79 Å². The second-order valence-electron chi connectivity index (χ2n) is 5.94. The molecular weight excluding hydrogens is 280 g/mol. The number of benzene rings is 2. The van der Waals surface area contributed by atoms with Crippen molar-refractivity contribution in [2.45, 2.75) is 11.8 Å². The standard InChI is InChI=1S/C18H14O4/c19-17-7-11-3-1-2-4-12(11)18(17)10-22-14-9-16-15(8-13(14)18)20-5-6-21-16/h1-4,8-9H,5-7,10H2. The Bertz CT molecular complexity index is 811. The highest BCUT2D eigenvalue weighted by atomic mass is 16.6. The molecule has 1 spiro atoms. The maximum Gasteiger partial charge on any atom is 0.165 e. The van der Waals surface area contributed by atoms with Crippen molar-refractivity contribution >= 4 is 5.78 Å². The van der Waals surface area contributed by atoms with Gasteiger partial charge in [0.05, 0.1) is 0 Å². The molecule has 110 valence electrons. The van der Waals surface area contributed by atoms with E-state index in [1.165, 1.54) is 0 Å². The van der Waals surface area contributed by atoms with Crippen LogP contribution in [0.25, 0.3) is 0 Å². The van der Waals surface area contributed by atoms with Gasteiger partial charge in [-0.15, -0.1) is 0 Å². The first kappa shape index (κ1) is 12.1. The summed E-state index contributed by atoms with van der Waals surface area (Å²) in [5.74, 6) is 2.33. The minimum absolute atomic E-state index is 0.198. The number of Topliss-reactive ketones (excluding diaryl/α,β-unsaturated/α-hetero) is 1. The smallest absolute Gasteiger partial charge is 0.165 e. The monoisotopic (exact) mass is 294 g/mol. The highest BCUT2D eigenvalue weighted by molar-refractivity contribution is 6.01. The third-order valence-electron chi connectivity index (χ3n) is 4.85. The highest BCUT2D eigenvalue weighted by Gasteiger charge is 2.53. The first-order valence-electron chi connectivity index (χ1n) is 7.48. The van der Waals surface area contributed by atoms with Gasteiger partial charge in [0.1, 0.15) is 31.0 Å². The summed E-state index contributed by atoms with van der Waals surface area (Å²) in [5.41, 5.74) is 2.39. The van der Waals surface area contributed by atoms with Crippen molar-refractivity contribution in [3.63, 3.8) is 0 Å². The van der Waals surface area contributed by atoms with Crippen LogP contribution in [0.4, 0.5) is 0 Å². The summed E-state index contributed by atoms with van der Waals surface area (Å²) in [6.45, 7) is 1.43. The average Bonchev–Trinajstić information content (AvgIpc) is 3.06. The zero-order chi connectivity index (χ0) is 14.7. The molecule has 5 rings (SSSR count). The van der Waals surface area contributed by atoms with Gasteiger partial charge in [0.15, 0.2) is 17.3 Å². The van der Waals surface area contributed by atoms with Gasteiger partial charge in [-0.1, -0.05) is 24.3 Å². The van der Waals surface area contributed by atoms with Crippen LogP contribution < -0.4 is 14.2 Å². The highest BCUT2D eigenvalue weighted by Crippen LogP contribution is 2.52. The Labute approximate surface area is 127 Å². The SMILES string of the molecule is O=C1Cc2ccccc2C12COc1cc3c(cc12)OCCO3. The molecule has 0 fully saturated rings. The zero-order valence-electron chi connectivity index (χ0n) is 11.9. The zero-order valence-corrected chi connectivity index (χ0v) is 11.9. The molecule has 22 heavy (non-hydrogen) atoms. The van der Waals surface area contributed by atoms with Crippen molar-refractivity contribution in [3.05, 3.63) is 53.1 Å². The maximum atomic E-state index is 12.8. The second-order valence-corrected chi connectivity index (χ2v) is 5.94. The van der Waals surface area contributed by atoms with Crippen molar-refractivity contribution < 1.29 is 19.0 Å². The van der Waals surface area contributed by atoms with Gasteiger partial charge in [-0.2, -0.15) is 0 Å². The van der Waals surface area contributed by atoms with Crippen molar-refractivity contribution in [1.29, 1.82) is 0 Å². The lowest BCUT2D eigenvalue weighted by Gasteiger charge is -2.24. The van der Waals surface area contributed by atoms with E-state index in [9.17, 15) is 4.79 Å². The van der Waals surface area contributed by atoms with E-state index in [1.54, 1.807) is 0 Å². The first-order chi connectivity index (χ1) is 10.8. The topological polar surface area (TPSA) is 44.8 Å². The molecule has 0 bridgehead atoms. The van der Waals surface area contributed by atoms with Crippen molar-refractivity contribution in [1.82, 2.24) is 0 Å². The maximum absolute atomic E-state index is 12.8. The Morgan fingerprint density at radius 2 is 1.64 bits per heavy atom. The van der Waals surface area contributed by atoms with Crippen LogP contribution in [0.5, 0.6) is 17.2 Å². The first-order valence-corrected chi connectivity index (χ1v) is 7.48. The van der Waals surface area contributed by atoms with Crippen molar-refractivity contribution in [2.24, 2.45) is 0 Å². The minimum Gasteiger partial charge on any atom is -0.491 e. The number of carbonyl (C=O) groups is 1. The lowest BCUT2D eigenvalue weighted by Crippen LogP contribution is -2.35. The fourth-order valence-corrected chi connectivity index (χ4v) is 3.81. The van der Waals surface area contributed by atoms with Crippen LogP contribution in [0, 0.1) is 0 Å². The average molecular weight is 294 g/mol. The summed E-state index contributed by atoms with van der Waals surface area (Å²) >= 11 is 0. The molecule has 4 nitrogen and oxygen atoms in total. The molecular formula is C18H14O4. The normalized spacial score (nSPS) is 24.1. The Hall–Kier alpha value is -2.49. The Balaban J connectivity index is 1.76. The molecule has 0 amide bonds. The van der Waals surface area contributed by atoms with E-state index in [4.69, 9.17) is 14.2 Å². The van der Waals surface area contributed by atoms with Crippen LogP contribution in [-0.2, 0) is 16.6 Å². The predicted octanol–water partition coefficient (Wildman–Crippen LogP) is 2.26.